The molecule has 20 heavy (non-hydrogen) atoms. The van der Waals surface area contributed by atoms with E-state index < -0.39 is 5.97 Å². The van der Waals surface area contributed by atoms with Crippen LogP contribution in [0.5, 0.6) is 0 Å². The molecule has 0 unspecified atom stereocenters. The molecule has 0 atom stereocenters. The van der Waals surface area contributed by atoms with E-state index in [9.17, 15) is 4.79 Å². The van der Waals surface area contributed by atoms with Gasteiger partial charge in [0.05, 0.1) is 5.75 Å². The van der Waals surface area contributed by atoms with Gasteiger partial charge in [-0.1, -0.05) is 18.7 Å². The van der Waals surface area contributed by atoms with Gasteiger partial charge >= 0.3 is 5.97 Å². The van der Waals surface area contributed by atoms with Crippen LogP contribution in [0.25, 0.3) is 0 Å². The van der Waals surface area contributed by atoms with Crippen molar-refractivity contribution in [2.75, 3.05) is 19.0 Å². The minimum atomic E-state index is -0.830. The van der Waals surface area contributed by atoms with Crippen LogP contribution in [0.2, 0.25) is 0 Å². The summed E-state index contributed by atoms with van der Waals surface area (Å²) >= 11 is 1.24. The molecule has 1 heterocycles. The number of aliphatic carboxylic acids is 1. The number of hydrogen-bond acceptors (Lipinski definition) is 5. The van der Waals surface area contributed by atoms with Gasteiger partial charge in [-0.2, -0.15) is 0 Å². The van der Waals surface area contributed by atoms with E-state index in [2.05, 4.69) is 21.7 Å². The van der Waals surface area contributed by atoms with Crippen LogP contribution >= 0.6 is 11.8 Å². The lowest BCUT2D eigenvalue weighted by Gasteiger charge is -2.09. The van der Waals surface area contributed by atoms with E-state index in [4.69, 9.17) is 9.84 Å². The number of carboxylic acids is 1. The number of carboxylic acid groups (broad SMARTS) is 1. The second-order valence-electron chi connectivity index (χ2n) is 4.92. The van der Waals surface area contributed by atoms with Crippen molar-refractivity contribution in [3.05, 3.63) is 5.82 Å². The normalized spacial score (nSPS) is 14.7. The zero-order valence-electron chi connectivity index (χ0n) is 11.7. The highest BCUT2D eigenvalue weighted by molar-refractivity contribution is 7.99. The molecule has 2 rings (SSSR count). The Kier molecular flexibility index (Phi) is 5.85. The summed E-state index contributed by atoms with van der Waals surface area (Å²) in [6.07, 6.45) is 4.25. The molecule has 0 aromatic carbocycles. The third-order valence-corrected chi connectivity index (χ3v) is 3.98. The number of thioether (sulfide) groups is 1. The van der Waals surface area contributed by atoms with Crippen LogP contribution < -0.4 is 0 Å². The van der Waals surface area contributed by atoms with Gasteiger partial charge in [-0.25, -0.2) is 0 Å². The van der Waals surface area contributed by atoms with Gasteiger partial charge in [0.2, 0.25) is 0 Å². The molecule has 1 aromatic heterocycles. The maximum atomic E-state index is 10.7. The van der Waals surface area contributed by atoms with Crippen LogP contribution in [0.15, 0.2) is 5.16 Å². The number of ether oxygens (including phenoxy) is 1. The fraction of sp³-hybridized carbons (Fsp3) is 0.769. The molecule has 0 bridgehead atoms. The highest BCUT2D eigenvalue weighted by Crippen LogP contribution is 2.40. The average Bonchev–Trinajstić information content (AvgIpc) is 3.18. The Bertz CT molecular complexity index is 446. The van der Waals surface area contributed by atoms with Gasteiger partial charge in [0, 0.05) is 25.7 Å². The van der Waals surface area contributed by atoms with Crippen molar-refractivity contribution in [3.63, 3.8) is 0 Å². The predicted molar refractivity (Wildman–Crippen MR) is 76.1 cm³/mol. The SMILES string of the molecule is CCCOCCCn1c(SCC(=O)O)nnc1C1CC1. The van der Waals surface area contributed by atoms with Gasteiger partial charge in [0.15, 0.2) is 5.16 Å². The molecule has 0 amide bonds. The Morgan fingerprint density at radius 2 is 2.25 bits per heavy atom. The summed E-state index contributed by atoms with van der Waals surface area (Å²) in [6.45, 7) is 4.40. The lowest BCUT2D eigenvalue weighted by molar-refractivity contribution is -0.133. The monoisotopic (exact) mass is 299 g/mol. The van der Waals surface area contributed by atoms with Crippen LogP contribution in [-0.2, 0) is 16.1 Å². The third kappa shape index (κ3) is 4.49. The molecule has 0 radical (unpaired) electrons. The molecule has 1 aromatic rings. The maximum Gasteiger partial charge on any atom is 0.313 e. The van der Waals surface area contributed by atoms with E-state index in [-0.39, 0.29) is 5.75 Å². The van der Waals surface area contributed by atoms with Gasteiger partial charge in [0.1, 0.15) is 5.82 Å². The number of rotatable bonds is 10. The first-order valence-electron chi connectivity index (χ1n) is 7.07. The lowest BCUT2D eigenvalue weighted by Crippen LogP contribution is -2.09. The molecule has 1 N–H and O–H groups in total. The van der Waals surface area contributed by atoms with E-state index >= 15 is 0 Å². The average molecular weight is 299 g/mol. The molecular formula is C13H21N3O3S. The second kappa shape index (κ2) is 7.64. The Labute approximate surface area is 122 Å². The Hall–Kier alpha value is -1.08. The molecule has 6 nitrogen and oxygen atoms in total. The largest absolute Gasteiger partial charge is 0.481 e. The molecule has 112 valence electrons. The van der Waals surface area contributed by atoms with Crippen LogP contribution in [-0.4, -0.2) is 44.8 Å². The van der Waals surface area contributed by atoms with Crippen LogP contribution in [0.1, 0.15) is 44.3 Å². The van der Waals surface area contributed by atoms with Crippen molar-refractivity contribution in [1.29, 1.82) is 0 Å². The standard InChI is InChI=1S/C13H21N3O3S/c1-2-7-19-8-3-6-16-12(10-4-5-10)14-15-13(16)20-9-11(17)18/h10H,2-9H2,1H3,(H,17,18). The van der Waals surface area contributed by atoms with Gasteiger partial charge in [-0.3, -0.25) is 4.79 Å². The second-order valence-corrected chi connectivity index (χ2v) is 5.86. The topological polar surface area (TPSA) is 77.2 Å². The minimum absolute atomic E-state index is 0.0230. The summed E-state index contributed by atoms with van der Waals surface area (Å²) in [5.41, 5.74) is 0. The highest BCUT2D eigenvalue weighted by atomic mass is 32.2. The minimum Gasteiger partial charge on any atom is -0.481 e. The molecular weight excluding hydrogens is 278 g/mol. The van der Waals surface area contributed by atoms with E-state index in [1.54, 1.807) is 0 Å². The van der Waals surface area contributed by atoms with E-state index in [1.807, 2.05) is 0 Å². The van der Waals surface area contributed by atoms with Gasteiger partial charge in [0.25, 0.3) is 0 Å². The van der Waals surface area contributed by atoms with E-state index in [0.29, 0.717) is 11.1 Å². The summed E-state index contributed by atoms with van der Waals surface area (Å²) < 4.78 is 7.55. The van der Waals surface area contributed by atoms with Gasteiger partial charge in [-0.15, -0.1) is 10.2 Å². The van der Waals surface area contributed by atoms with Crippen molar-refractivity contribution in [2.45, 2.75) is 50.2 Å². The molecule has 0 spiro atoms. The van der Waals surface area contributed by atoms with Crippen LogP contribution in [0.4, 0.5) is 0 Å². The highest BCUT2D eigenvalue weighted by Gasteiger charge is 2.30. The lowest BCUT2D eigenvalue weighted by atomic mass is 10.3. The summed E-state index contributed by atoms with van der Waals surface area (Å²) in [5, 5.41) is 17.8. The number of nitrogens with zero attached hydrogens (tertiary/aromatic N) is 3. The molecule has 7 heteroatoms. The molecule has 0 saturated heterocycles. The Morgan fingerprint density at radius 1 is 1.45 bits per heavy atom. The van der Waals surface area contributed by atoms with Gasteiger partial charge < -0.3 is 14.4 Å². The number of carbonyl (C=O) groups is 1. The fourth-order valence-corrected chi connectivity index (χ4v) is 2.65. The number of hydrogen-bond donors (Lipinski definition) is 1. The predicted octanol–water partition coefficient (Wildman–Crippen LogP) is 2.15. The van der Waals surface area contributed by atoms with Crippen LogP contribution in [0.3, 0.4) is 0 Å². The van der Waals surface area contributed by atoms with Crippen molar-refractivity contribution < 1.29 is 14.6 Å². The summed E-state index contributed by atoms with van der Waals surface area (Å²) in [4.78, 5) is 10.7. The summed E-state index contributed by atoms with van der Waals surface area (Å²) in [6, 6.07) is 0. The molecule has 0 aliphatic heterocycles. The molecule has 1 aliphatic carbocycles. The summed E-state index contributed by atoms with van der Waals surface area (Å²) in [7, 11) is 0. The Morgan fingerprint density at radius 3 is 2.90 bits per heavy atom. The quantitative estimate of drug-likeness (QED) is 0.527. The first-order valence-corrected chi connectivity index (χ1v) is 8.06. The zero-order valence-corrected chi connectivity index (χ0v) is 12.6. The smallest absolute Gasteiger partial charge is 0.313 e. The maximum absolute atomic E-state index is 10.7. The van der Waals surface area contributed by atoms with Crippen molar-refractivity contribution >= 4 is 17.7 Å². The summed E-state index contributed by atoms with van der Waals surface area (Å²) in [5.74, 6) is 0.713. The van der Waals surface area contributed by atoms with Gasteiger partial charge in [-0.05, 0) is 25.7 Å². The van der Waals surface area contributed by atoms with Crippen molar-refractivity contribution in [3.8, 4) is 0 Å². The fourth-order valence-electron chi connectivity index (χ4n) is 1.96. The Balaban J connectivity index is 1.91. The first kappa shape index (κ1) is 15.3. The van der Waals surface area contributed by atoms with Crippen molar-refractivity contribution in [2.24, 2.45) is 0 Å². The van der Waals surface area contributed by atoms with Crippen LogP contribution in [0, 0.1) is 0 Å². The number of aromatic nitrogens is 3. The zero-order chi connectivity index (χ0) is 14.4. The van der Waals surface area contributed by atoms with E-state index in [0.717, 1.165) is 51.3 Å². The third-order valence-electron chi connectivity index (χ3n) is 3.03. The molecule has 1 saturated carbocycles. The van der Waals surface area contributed by atoms with E-state index in [1.165, 1.54) is 11.8 Å². The molecule has 1 fully saturated rings. The first-order chi connectivity index (χ1) is 9.72. The van der Waals surface area contributed by atoms with Crippen molar-refractivity contribution in [1.82, 2.24) is 14.8 Å². The molecule has 1 aliphatic rings.